The third-order valence-corrected chi connectivity index (χ3v) is 7.61. The highest BCUT2D eigenvalue weighted by Gasteiger charge is 2.49. The maximum atomic E-state index is 6.70. The largest absolute Gasteiger partial charge is 0.470 e. The molecule has 0 N–H and O–H groups in total. The maximum Gasteiger partial charge on any atom is 0.228 e. The summed E-state index contributed by atoms with van der Waals surface area (Å²) in [6, 6.07) is 40.3. The minimum Gasteiger partial charge on any atom is -0.470 e. The Morgan fingerprint density at radius 1 is 0.545 bits per heavy atom. The Kier molecular flexibility index (Phi) is 13.0. The number of rotatable bonds is 16. The molecule has 4 aromatic carbocycles. The van der Waals surface area contributed by atoms with E-state index >= 15 is 0 Å². The smallest absolute Gasteiger partial charge is 0.228 e. The van der Waals surface area contributed by atoms with Crippen molar-refractivity contribution < 1.29 is 28.4 Å². The van der Waals surface area contributed by atoms with Gasteiger partial charge in [0.05, 0.1) is 39.3 Å². The normalized spacial score (nSPS) is 21.8. The number of hydrogen-bond donors (Lipinski definition) is 0. The molecule has 0 saturated carbocycles. The SMILES string of the molecule is BrC/C=C/OC1O[C@H](COCc2ccccc2)[C@H](OCc2ccccc2)[C@H](OCc2ccccc2)[C@H]1OCc1ccccc1. The van der Waals surface area contributed by atoms with Gasteiger partial charge in [0.1, 0.15) is 24.4 Å². The average molecular weight is 660 g/mol. The first-order valence-electron chi connectivity index (χ1n) is 14.9. The quantitative estimate of drug-likeness (QED) is 0.0912. The molecule has 6 nitrogen and oxygen atoms in total. The lowest BCUT2D eigenvalue weighted by atomic mass is 9.97. The van der Waals surface area contributed by atoms with Crippen molar-refractivity contribution in [2.75, 3.05) is 11.9 Å². The zero-order valence-electron chi connectivity index (χ0n) is 24.7. The van der Waals surface area contributed by atoms with Gasteiger partial charge in [-0.3, -0.25) is 0 Å². The zero-order valence-corrected chi connectivity index (χ0v) is 26.2. The summed E-state index contributed by atoms with van der Waals surface area (Å²) >= 11 is 3.43. The first kappa shape index (κ1) is 32.1. The molecular weight excluding hydrogens is 620 g/mol. The van der Waals surface area contributed by atoms with E-state index in [2.05, 4.69) is 15.9 Å². The van der Waals surface area contributed by atoms with Crippen molar-refractivity contribution in [3.8, 4) is 0 Å². The van der Waals surface area contributed by atoms with E-state index in [4.69, 9.17) is 28.4 Å². The fourth-order valence-corrected chi connectivity index (χ4v) is 5.18. The Hall–Kier alpha value is -3.30. The first-order chi connectivity index (χ1) is 21.8. The molecule has 1 fully saturated rings. The van der Waals surface area contributed by atoms with Crippen molar-refractivity contribution in [3.63, 3.8) is 0 Å². The second-order valence-corrected chi connectivity index (χ2v) is 11.1. The Bertz CT molecular complexity index is 1360. The van der Waals surface area contributed by atoms with E-state index in [1.54, 1.807) is 6.26 Å². The van der Waals surface area contributed by atoms with Gasteiger partial charge in [0.15, 0.2) is 0 Å². The van der Waals surface area contributed by atoms with Crippen LogP contribution in [-0.4, -0.2) is 42.6 Å². The third-order valence-electron chi connectivity index (χ3n) is 7.24. The van der Waals surface area contributed by atoms with Crippen molar-refractivity contribution in [3.05, 3.63) is 156 Å². The Balaban J connectivity index is 1.42. The number of halogens is 1. The summed E-state index contributed by atoms with van der Waals surface area (Å²) < 4.78 is 38.9. The topological polar surface area (TPSA) is 55.4 Å². The molecule has 0 aromatic heterocycles. The van der Waals surface area contributed by atoms with E-state index < -0.39 is 30.7 Å². The Morgan fingerprint density at radius 3 is 1.45 bits per heavy atom. The minimum absolute atomic E-state index is 0.285. The summed E-state index contributed by atoms with van der Waals surface area (Å²) in [5, 5.41) is 0.648. The van der Waals surface area contributed by atoms with Crippen LogP contribution in [0.3, 0.4) is 0 Å². The van der Waals surface area contributed by atoms with Gasteiger partial charge < -0.3 is 28.4 Å². The van der Waals surface area contributed by atoms with Crippen molar-refractivity contribution in [1.82, 2.24) is 0 Å². The van der Waals surface area contributed by atoms with Crippen molar-refractivity contribution in [2.45, 2.75) is 57.1 Å². The number of benzene rings is 4. The number of allylic oxidation sites excluding steroid dienone is 1. The average Bonchev–Trinajstić information content (AvgIpc) is 3.08. The summed E-state index contributed by atoms with van der Waals surface area (Å²) in [6.45, 7) is 1.86. The van der Waals surface area contributed by atoms with Crippen molar-refractivity contribution >= 4 is 15.9 Å². The molecule has 1 saturated heterocycles. The molecule has 1 aliphatic rings. The van der Waals surface area contributed by atoms with Crippen LogP contribution >= 0.6 is 15.9 Å². The van der Waals surface area contributed by atoms with E-state index in [1.807, 2.05) is 127 Å². The lowest BCUT2D eigenvalue weighted by Gasteiger charge is -2.45. The van der Waals surface area contributed by atoms with Crippen LogP contribution < -0.4 is 0 Å². The molecular formula is C37H39BrO6. The maximum absolute atomic E-state index is 6.70. The second-order valence-electron chi connectivity index (χ2n) is 10.5. The lowest BCUT2D eigenvalue weighted by Crippen LogP contribution is -2.61. The third kappa shape index (κ3) is 9.86. The van der Waals surface area contributed by atoms with Gasteiger partial charge in [-0.2, -0.15) is 0 Å². The van der Waals surface area contributed by atoms with Crippen LogP contribution in [0.15, 0.2) is 134 Å². The van der Waals surface area contributed by atoms with Crippen LogP contribution in [-0.2, 0) is 54.8 Å². The summed E-state index contributed by atoms with van der Waals surface area (Å²) in [5.74, 6) is 0. The van der Waals surface area contributed by atoms with Crippen LogP contribution in [0.1, 0.15) is 22.3 Å². The standard InChI is InChI=1S/C37H39BrO6/c38-22-13-23-40-37-36(43-27-32-20-11-4-12-21-32)35(42-26-31-18-9-3-10-19-31)34(41-25-30-16-7-2-8-17-30)33(44-37)28-39-24-29-14-5-1-6-15-29/h1-21,23,33-37H,22,24-28H2/b23-13+/t33-,34+,35+,36-,37?/m1/s1. The van der Waals surface area contributed by atoms with Gasteiger partial charge >= 0.3 is 0 Å². The molecule has 0 spiro atoms. The zero-order chi connectivity index (χ0) is 30.2. The predicted octanol–water partition coefficient (Wildman–Crippen LogP) is 7.61. The molecule has 7 heteroatoms. The first-order valence-corrected chi connectivity index (χ1v) is 16.0. The Labute approximate surface area is 268 Å². The van der Waals surface area contributed by atoms with Crippen molar-refractivity contribution in [1.29, 1.82) is 0 Å². The summed E-state index contributed by atoms with van der Waals surface area (Å²) in [7, 11) is 0. The summed E-state index contributed by atoms with van der Waals surface area (Å²) in [4.78, 5) is 0. The summed E-state index contributed by atoms with van der Waals surface area (Å²) in [5.41, 5.74) is 4.23. The molecule has 4 aromatic rings. The van der Waals surface area contributed by atoms with Crippen LogP contribution in [0.5, 0.6) is 0 Å². The minimum atomic E-state index is -0.753. The lowest BCUT2D eigenvalue weighted by molar-refractivity contribution is -0.318. The van der Waals surface area contributed by atoms with Crippen molar-refractivity contribution in [2.24, 2.45) is 0 Å². The molecule has 1 aliphatic heterocycles. The van der Waals surface area contributed by atoms with E-state index in [9.17, 15) is 0 Å². The van der Waals surface area contributed by atoms with E-state index in [0.29, 0.717) is 31.8 Å². The molecule has 0 bridgehead atoms. The number of alkyl halides is 1. The number of ether oxygens (including phenoxy) is 6. The van der Waals surface area contributed by atoms with Gasteiger partial charge in [0, 0.05) is 5.33 Å². The molecule has 0 aliphatic carbocycles. The molecule has 44 heavy (non-hydrogen) atoms. The molecule has 5 atom stereocenters. The van der Waals surface area contributed by atoms with Gasteiger partial charge in [-0.15, -0.1) is 0 Å². The highest BCUT2D eigenvalue weighted by molar-refractivity contribution is 9.09. The molecule has 230 valence electrons. The van der Waals surface area contributed by atoms with Crippen LogP contribution in [0, 0.1) is 0 Å². The highest BCUT2D eigenvalue weighted by Crippen LogP contribution is 2.31. The Morgan fingerprint density at radius 2 is 0.977 bits per heavy atom. The van der Waals surface area contributed by atoms with Crippen LogP contribution in [0.25, 0.3) is 0 Å². The van der Waals surface area contributed by atoms with Crippen LogP contribution in [0.2, 0.25) is 0 Å². The molecule has 1 unspecified atom stereocenters. The molecule has 0 amide bonds. The van der Waals surface area contributed by atoms with E-state index in [0.717, 1.165) is 22.3 Å². The molecule has 5 rings (SSSR count). The second kappa shape index (κ2) is 17.9. The van der Waals surface area contributed by atoms with Gasteiger partial charge in [-0.25, -0.2) is 0 Å². The van der Waals surface area contributed by atoms with Gasteiger partial charge in [0.25, 0.3) is 0 Å². The van der Waals surface area contributed by atoms with Gasteiger partial charge in [-0.05, 0) is 28.3 Å². The predicted molar refractivity (Wildman–Crippen MR) is 174 cm³/mol. The van der Waals surface area contributed by atoms with Gasteiger partial charge in [0.2, 0.25) is 6.29 Å². The monoisotopic (exact) mass is 658 g/mol. The molecule has 0 radical (unpaired) electrons. The molecule has 1 heterocycles. The fourth-order valence-electron chi connectivity index (χ4n) is 5.03. The van der Waals surface area contributed by atoms with E-state index in [-0.39, 0.29) is 6.61 Å². The van der Waals surface area contributed by atoms with Crippen LogP contribution in [0.4, 0.5) is 0 Å². The highest BCUT2D eigenvalue weighted by atomic mass is 79.9. The summed E-state index contributed by atoms with van der Waals surface area (Å²) in [6.07, 6.45) is 0.652. The van der Waals surface area contributed by atoms with Gasteiger partial charge in [-0.1, -0.05) is 137 Å². The fraction of sp³-hybridized carbons (Fsp3) is 0.297. The number of hydrogen-bond acceptors (Lipinski definition) is 6. The van der Waals surface area contributed by atoms with E-state index in [1.165, 1.54) is 0 Å².